The van der Waals surface area contributed by atoms with Crippen molar-refractivity contribution in [1.29, 1.82) is 0 Å². The topological polar surface area (TPSA) is 56.2 Å². The summed E-state index contributed by atoms with van der Waals surface area (Å²) in [5, 5.41) is 9.94. The van der Waals surface area contributed by atoms with Gasteiger partial charge in [-0.1, -0.05) is 11.6 Å². The van der Waals surface area contributed by atoms with Crippen LogP contribution in [0.15, 0.2) is 18.2 Å². The summed E-state index contributed by atoms with van der Waals surface area (Å²) < 4.78 is 2.19. The molecule has 4 heteroatoms. The molecule has 2 aromatic heterocycles. The van der Waals surface area contributed by atoms with E-state index in [4.69, 9.17) is 5.73 Å². The number of nitrogens with two attached hydrogens (primary N) is 1. The van der Waals surface area contributed by atoms with Crippen molar-refractivity contribution in [1.82, 2.24) is 14.6 Å². The molecule has 0 radical (unpaired) electrons. The lowest BCUT2D eigenvalue weighted by Gasteiger charge is -2.11. The number of fused-ring (bicyclic) bond motifs is 3. The third-order valence-corrected chi connectivity index (χ3v) is 3.80. The van der Waals surface area contributed by atoms with E-state index < -0.39 is 0 Å². The van der Waals surface area contributed by atoms with E-state index in [9.17, 15) is 0 Å². The van der Waals surface area contributed by atoms with E-state index in [-0.39, 0.29) is 0 Å². The maximum atomic E-state index is 5.62. The van der Waals surface area contributed by atoms with Gasteiger partial charge in [0.15, 0.2) is 5.65 Å². The van der Waals surface area contributed by atoms with Crippen molar-refractivity contribution in [2.24, 2.45) is 5.73 Å². The van der Waals surface area contributed by atoms with Crippen molar-refractivity contribution < 1.29 is 0 Å². The highest BCUT2D eigenvalue weighted by molar-refractivity contribution is 5.88. The zero-order valence-corrected chi connectivity index (χ0v) is 12.3. The van der Waals surface area contributed by atoms with E-state index in [1.165, 1.54) is 27.6 Å². The highest BCUT2D eigenvalue weighted by Gasteiger charge is 2.12. The van der Waals surface area contributed by atoms with Crippen LogP contribution in [0.5, 0.6) is 0 Å². The van der Waals surface area contributed by atoms with Gasteiger partial charge in [0.1, 0.15) is 5.82 Å². The third kappa shape index (κ3) is 1.96. The van der Waals surface area contributed by atoms with Gasteiger partial charge >= 0.3 is 0 Å². The Morgan fingerprint density at radius 2 is 1.85 bits per heavy atom. The van der Waals surface area contributed by atoms with Crippen LogP contribution in [0.3, 0.4) is 0 Å². The summed E-state index contributed by atoms with van der Waals surface area (Å²) in [6, 6.07) is 6.57. The van der Waals surface area contributed by atoms with Crippen molar-refractivity contribution in [3.63, 3.8) is 0 Å². The highest BCUT2D eigenvalue weighted by atomic mass is 15.2. The van der Waals surface area contributed by atoms with Crippen molar-refractivity contribution >= 4 is 16.6 Å². The molecule has 0 aliphatic rings. The summed E-state index contributed by atoms with van der Waals surface area (Å²) in [6.45, 7) is 7.10. The number of hydrogen-bond acceptors (Lipinski definition) is 3. The number of pyridine rings is 1. The van der Waals surface area contributed by atoms with Crippen molar-refractivity contribution in [3.8, 4) is 0 Å². The number of rotatable bonds is 3. The molecule has 0 aliphatic heterocycles. The second-order valence-electron chi connectivity index (χ2n) is 5.51. The average molecular weight is 268 g/mol. The Morgan fingerprint density at radius 1 is 1.05 bits per heavy atom. The zero-order valence-electron chi connectivity index (χ0n) is 12.3. The molecule has 3 aromatic rings. The Labute approximate surface area is 118 Å². The lowest BCUT2D eigenvalue weighted by Crippen LogP contribution is -2.04. The molecule has 2 heterocycles. The van der Waals surface area contributed by atoms with Gasteiger partial charge in [0.2, 0.25) is 0 Å². The van der Waals surface area contributed by atoms with Gasteiger partial charge in [-0.05, 0) is 57.0 Å². The molecule has 0 unspecified atom stereocenters. The van der Waals surface area contributed by atoms with Crippen LogP contribution in [0.1, 0.15) is 28.9 Å². The quantitative estimate of drug-likeness (QED) is 0.794. The molecule has 0 saturated carbocycles. The SMILES string of the molecule is Cc1cc(C)c2c(c1)c(C)cc1nnc(CCCN)n12. The van der Waals surface area contributed by atoms with Gasteiger partial charge in [-0.2, -0.15) is 0 Å². The van der Waals surface area contributed by atoms with Gasteiger partial charge in [0, 0.05) is 11.8 Å². The summed E-state index contributed by atoms with van der Waals surface area (Å²) >= 11 is 0. The molecular weight excluding hydrogens is 248 g/mol. The molecule has 104 valence electrons. The Kier molecular flexibility index (Phi) is 3.18. The van der Waals surface area contributed by atoms with Gasteiger partial charge in [0.25, 0.3) is 0 Å². The van der Waals surface area contributed by atoms with Crippen LogP contribution in [-0.2, 0) is 6.42 Å². The number of aromatic nitrogens is 3. The molecule has 0 fully saturated rings. The summed E-state index contributed by atoms with van der Waals surface area (Å²) in [5.74, 6) is 1.00. The van der Waals surface area contributed by atoms with Crippen LogP contribution >= 0.6 is 0 Å². The second-order valence-corrected chi connectivity index (χ2v) is 5.51. The predicted molar refractivity (Wildman–Crippen MR) is 82.1 cm³/mol. The molecule has 0 bridgehead atoms. The second kappa shape index (κ2) is 4.87. The monoisotopic (exact) mass is 268 g/mol. The Bertz CT molecular complexity index is 786. The summed E-state index contributed by atoms with van der Waals surface area (Å²) in [6.07, 6.45) is 1.80. The Hall–Kier alpha value is -1.94. The lowest BCUT2D eigenvalue weighted by atomic mass is 10.0. The zero-order chi connectivity index (χ0) is 14.3. The normalized spacial score (nSPS) is 11.6. The maximum absolute atomic E-state index is 5.62. The highest BCUT2D eigenvalue weighted by Crippen LogP contribution is 2.26. The minimum absolute atomic E-state index is 0.677. The van der Waals surface area contributed by atoms with E-state index in [0.29, 0.717) is 6.54 Å². The molecule has 4 nitrogen and oxygen atoms in total. The van der Waals surface area contributed by atoms with Gasteiger partial charge in [0.05, 0.1) is 5.52 Å². The molecule has 0 aliphatic carbocycles. The van der Waals surface area contributed by atoms with Crippen LogP contribution in [0, 0.1) is 20.8 Å². The molecule has 3 rings (SSSR count). The van der Waals surface area contributed by atoms with Gasteiger partial charge in [-0.25, -0.2) is 0 Å². The first kappa shape index (κ1) is 13.1. The van der Waals surface area contributed by atoms with Crippen molar-refractivity contribution in [2.45, 2.75) is 33.6 Å². The predicted octanol–water partition coefficient (Wildman–Crippen LogP) is 2.70. The Morgan fingerprint density at radius 3 is 2.60 bits per heavy atom. The van der Waals surface area contributed by atoms with E-state index >= 15 is 0 Å². The molecule has 0 spiro atoms. The van der Waals surface area contributed by atoms with Crippen molar-refractivity contribution in [2.75, 3.05) is 6.54 Å². The number of hydrogen-bond donors (Lipinski definition) is 1. The van der Waals surface area contributed by atoms with Gasteiger partial charge in [-0.15, -0.1) is 10.2 Å². The molecule has 1 aromatic carbocycles. The summed E-state index contributed by atoms with van der Waals surface area (Å²) in [4.78, 5) is 0. The number of benzene rings is 1. The fourth-order valence-electron chi connectivity index (χ4n) is 2.92. The first-order valence-corrected chi connectivity index (χ1v) is 7.06. The van der Waals surface area contributed by atoms with Crippen LogP contribution in [0.4, 0.5) is 0 Å². The third-order valence-electron chi connectivity index (χ3n) is 3.80. The van der Waals surface area contributed by atoms with Crippen LogP contribution in [0.2, 0.25) is 0 Å². The molecule has 0 saturated heterocycles. The number of aryl methyl sites for hydroxylation is 4. The smallest absolute Gasteiger partial charge is 0.161 e. The summed E-state index contributed by atoms with van der Waals surface area (Å²) in [7, 11) is 0. The summed E-state index contributed by atoms with van der Waals surface area (Å²) in [5.41, 5.74) is 11.6. The van der Waals surface area contributed by atoms with Crippen LogP contribution in [0.25, 0.3) is 16.6 Å². The standard InChI is InChI=1S/C16H20N4/c1-10-7-12(3)16-13(8-10)11(2)9-15-19-18-14(20(15)16)5-4-6-17/h7-9H,4-6,17H2,1-3H3. The van der Waals surface area contributed by atoms with E-state index in [1.54, 1.807) is 0 Å². The van der Waals surface area contributed by atoms with E-state index in [0.717, 1.165) is 24.3 Å². The first-order chi connectivity index (χ1) is 9.61. The van der Waals surface area contributed by atoms with Crippen LogP contribution in [-0.4, -0.2) is 21.1 Å². The lowest BCUT2D eigenvalue weighted by molar-refractivity contribution is 0.774. The van der Waals surface area contributed by atoms with Crippen LogP contribution < -0.4 is 5.73 Å². The number of nitrogens with zero attached hydrogens (tertiary/aromatic N) is 3. The molecule has 0 amide bonds. The maximum Gasteiger partial charge on any atom is 0.161 e. The van der Waals surface area contributed by atoms with Crippen molar-refractivity contribution in [3.05, 3.63) is 40.7 Å². The largest absolute Gasteiger partial charge is 0.330 e. The van der Waals surface area contributed by atoms with Gasteiger partial charge < -0.3 is 5.73 Å². The average Bonchev–Trinajstić information content (AvgIpc) is 2.79. The first-order valence-electron chi connectivity index (χ1n) is 7.06. The molecule has 20 heavy (non-hydrogen) atoms. The van der Waals surface area contributed by atoms with E-state index in [1.807, 2.05) is 0 Å². The molecular formula is C16H20N4. The fraction of sp³-hybridized carbons (Fsp3) is 0.375. The minimum Gasteiger partial charge on any atom is -0.330 e. The molecule has 0 atom stereocenters. The van der Waals surface area contributed by atoms with Gasteiger partial charge in [-0.3, -0.25) is 4.40 Å². The minimum atomic E-state index is 0.677. The Balaban J connectivity index is 2.39. The van der Waals surface area contributed by atoms with E-state index in [2.05, 4.69) is 53.6 Å². The molecule has 2 N–H and O–H groups in total. The fourth-order valence-corrected chi connectivity index (χ4v) is 2.92.